The van der Waals surface area contributed by atoms with Gasteiger partial charge in [0.25, 0.3) is 5.97 Å². The lowest BCUT2D eigenvalue weighted by atomic mass is 9.91. The first kappa shape index (κ1) is 30.8. The van der Waals surface area contributed by atoms with Gasteiger partial charge in [-0.2, -0.15) is 0 Å². The maximum Gasteiger partial charge on any atom is 0.285 e. The van der Waals surface area contributed by atoms with Crippen molar-refractivity contribution in [3.05, 3.63) is 0 Å². The Morgan fingerprint density at radius 1 is 0.677 bits per heavy atom. The van der Waals surface area contributed by atoms with Gasteiger partial charge in [0.2, 0.25) is 0 Å². The molecule has 2 atom stereocenters. The summed E-state index contributed by atoms with van der Waals surface area (Å²) >= 11 is 0. The van der Waals surface area contributed by atoms with Crippen molar-refractivity contribution in [3.8, 4) is 0 Å². The first-order chi connectivity index (χ1) is 15.1. The Morgan fingerprint density at radius 2 is 1.16 bits per heavy atom. The van der Waals surface area contributed by atoms with Crippen LogP contribution in [0, 0.1) is 5.92 Å². The van der Waals surface area contributed by atoms with Gasteiger partial charge in [0.15, 0.2) is 0 Å². The summed E-state index contributed by atoms with van der Waals surface area (Å²) in [5.41, 5.74) is 0. The number of aliphatic hydroxyl groups excluding tert-OH is 2. The highest BCUT2D eigenvalue weighted by molar-refractivity contribution is 4.73. The highest BCUT2D eigenvalue weighted by atomic mass is 16.9. The lowest BCUT2D eigenvalue weighted by Crippen LogP contribution is -2.46. The van der Waals surface area contributed by atoms with Crippen LogP contribution in [0.15, 0.2) is 0 Å². The third-order valence-corrected chi connectivity index (χ3v) is 5.55. The summed E-state index contributed by atoms with van der Waals surface area (Å²) in [6, 6.07) is 0. The Labute approximate surface area is 192 Å². The number of aliphatic hydroxyl groups is 2. The van der Waals surface area contributed by atoms with Crippen LogP contribution in [0.5, 0.6) is 0 Å². The van der Waals surface area contributed by atoms with E-state index in [1.165, 1.54) is 38.5 Å². The van der Waals surface area contributed by atoms with Crippen LogP contribution in [0.1, 0.15) is 105 Å². The molecule has 0 amide bonds. The van der Waals surface area contributed by atoms with Crippen LogP contribution in [-0.2, 0) is 18.9 Å². The minimum absolute atomic E-state index is 0.205. The Balaban J connectivity index is 4.57. The monoisotopic (exact) mass is 448 g/mol. The molecule has 0 fully saturated rings. The van der Waals surface area contributed by atoms with E-state index in [1.807, 2.05) is 20.8 Å². The number of unbranched alkanes of at least 4 members (excludes halogenated alkanes) is 8. The summed E-state index contributed by atoms with van der Waals surface area (Å²) in [6.45, 7) is 10.6. The molecular formula is C25H52O6. The molecular weight excluding hydrogens is 396 g/mol. The smallest absolute Gasteiger partial charge is 0.285 e. The van der Waals surface area contributed by atoms with E-state index in [-0.39, 0.29) is 19.1 Å². The van der Waals surface area contributed by atoms with Crippen molar-refractivity contribution in [2.24, 2.45) is 5.92 Å². The van der Waals surface area contributed by atoms with Crippen LogP contribution in [0.4, 0.5) is 0 Å². The Bertz CT molecular complexity index is 349. The normalized spacial score (nSPS) is 14.1. The molecule has 0 radical (unpaired) electrons. The highest BCUT2D eigenvalue weighted by Crippen LogP contribution is 2.34. The number of hydrogen-bond donors (Lipinski definition) is 2. The summed E-state index contributed by atoms with van der Waals surface area (Å²) in [6.07, 6.45) is 13.3. The zero-order chi connectivity index (χ0) is 23.2. The van der Waals surface area contributed by atoms with E-state index in [1.54, 1.807) is 0 Å². The third kappa shape index (κ3) is 15.3. The van der Waals surface area contributed by atoms with Crippen molar-refractivity contribution in [2.45, 2.75) is 117 Å². The molecule has 0 saturated carbocycles. The molecule has 0 spiro atoms. The van der Waals surface area contributed by atoms with Gasteiger partial charge in [-0.15, -0.1) is 0 Å². The van der Waals surface area contributed by atoms with E-state index in [9.17, 15) is 5.11 Å². The van der Waals surface area contributed by atoms with Gasteiger partial charge in [0.1, 0.15) is 6.10 Å². The van der Waals surface area contributed by atoms with Gasteiger partial charge in [0, 0.05) is 32.3 Å². The van der Waals surface area contributed by atoms with Gasteiger partial charge in [-0.1, -0.05) is 64.7 Å². The minimum Gasteiger partial charge on any atom is -0.394 e. The predicted molar refractivity (Wildman–Crippen MR) is 126 cm³/mol. The van der Waals surface area contributed by atoms with E-state index < -0.39 is 12.1 Å². The van der Waals surface area contributed by atoms with Crippen LogP contribution in [0.25, 0.3) is 0 Å². The summed E-state index contributed by atoms with van der Waals surface area (Å²) in [5, 5.41) is 18.1. The molecule has 0 aromatic carbocycles. The average molecular weight is 449 g/mol. The fraction of sp³-hybridized carbons (Fsp3) is 1.00. The molecule has 0 heterocycles. The Kier molecular flexibility index (Phi) is 21.4. The van der Waals surface area contributed by atoms with Crippen molar-refractivity contribution in [1.82, 2.24) is 0 Å². The van der Waals surface area contributed by atoms with Gasteiger partial charge in [0.05, 0.1) is 13.2 Å². The van der Waals surface area contributed by atoms with Crippen LogP contribution in [-0.4, -0.2) is 61.9 Å². The zero-order valence-electron chi connectivity index (χ0n) is 20.9. The van der Waals surface area contributed by atoms with E-state index in [0.29, 0.717) is 26.4 Å². The molecule has 2 unspecified atom stereocenters. The molecule has 0 aliphatic heterocycles. The maximum atomic E-state index is 9.29. The van der Waals surface area contributed by atoms with Gasteiger partial charge in [-0.3, -0.25) is 0 Å². The summed E-state index contributed by atoms with van der Waals surface area (Å²) < 4.78 is 23.7. The first-order valence-corrected chi connectivity index (χ1v) is 12.9. The SMILES string of the molecule is CCCCCCCCC(CCCCCCOCC(O)CO)C(OCC)(OCC)OCC. The van der Waals surface area contributed by atoms with Crippen molar-refractivity contribution < 1.29 is 29.2 Å². The van der Waals surface area contributed by atoms with Crippen molar-refractivity contribution in [3.63, 3.8) is 0 Å². The molecule has 0 rings (SSSR count). The van der Waals surface area contributed by atoms with Gasteiger partial charge in [-0.25, -0.2) is 0 Å². The number of rotatable bonds is 24. The average Bonchev–Trinajstić information content (AvgIpc) is 2.76. The molecule has 0 saturated heterocycles. The molecule has 0 aliphatic carbocycles. The molecule has 0 aromatic heterocycles. The van der Waals surface area contributed by atoms with E-state index in [0.717, 1.165) is 38.5 Å². The fourth-order valence-corrected chi connectivity index (χ4v) is 3.97. The molecule has 2 N–H and O–H groups in total. The number of hydrogen-bond acceptors (Lipinski definition) is 6. The van der Waals surface area contributed by atoms with Crippen LogP contribution in [0.2, 0.25) is 0 Å². The van der Waals surface area contributed by atoms with Crippen molar-refractivity contribution in [1.29, 1.82) is 0 Å². The van der Waals surface area contributed by atoms with Crippen molar-refractivity contribution in [2.75, 3.05) is 39.6 Å². The highest BCUT2D eigenvalue weighted by Gasteiger charge is 2.41. The fourth-order valence-electron chi connectivity index (χ4n) is 3.97. The third-order valence-electron chi connectivity index (χ3n) is 5.55. The molecule has 0 aliphatic rings. The minimum atomic E-state index is -0.925. The van der Waals surface area contributed by atoms with Gasteiger partial charge in [-0.05, 0) is 40.0 Å². The van der Waals surface area contributed by atoms with Gasteiger partial charge >= 0.3 is 0 Å². The Hall–Kier alpha value is -0.240. The molecule has 0 bridgehead atoms. The van der Waals surface area contributed by atoms with E-state index in [2.05, 4.69) is 6.92 Å². The predicted octanol–water partition coefficient (Wildman–Crippen LogP) is 5.44. The largest absolute Gasteiger partial charge is 0.394 e. The van der Waals surface area contributed by atoms with Crippen molar-refractivity contribution >= 4 is 0 Å². The quantitative estimate of drug-likeness (QED) is 0.151. The van der Waals surface area contributed by atoms with Crippen LogP contribution in [0.3, 0.4) is 0 Å². The topological polar surface area (TPSA) is 77.4 Å². The first-order valence-electron chi connectivity index (χ1n) is 12.9. The Morgan fingerprint density at radius 3 is 1.65 bits per heavy atom. The number of ether oxygens (including phenoxy) is 4. The lowest BCUT2D eigenvalue weighted by molar-refractivity contribution is -0.403. The van der Waals surface area contributed by atoms with Crippen LogP contribution < -0.4 is 0 Å². The summed E-state index contributed by atoms with van der Waals surface area (Å²) in [5.74, 6) is -0.694. The molecule has 31 heavy (non-hydrogen) atoms. The lowest BCUT2D eigenvalue weighted by Gasteiger charge is -2.39. The van der Waals surface area contributed by atoms with Gasteiger partial charge < -0.3 is 29.2 Å². The second-order valence-corrected chi connectivity index (χ2v) is 8.27. The molecule has 6 nitrogen and oxygen atoms in total. The maximum absolute atomic E-state index is 9.29. The standard InChI is InChI=1S/C25H52O6/c1-5-9-10-11-12-15-18-23(25(29-6-2,30-7-3)31-8-4)19-16-13-14-17-20-28-22-24(27)21-26/h23-24,26-27H,5-22H2,1-4H3. The second-order valence-electron chi connectivity index (χ2n) is 8.27. The summed E-state index contributed by atoms with van der Waals surface area (Å²) in [4.78, 5) is 0. The summed E-state index contributed by atoms with van der Waals surface area (Å²) in [7, 11) is 0. The molecule has 0 aromatic rings. The zero-order valence-corrected chi connectivity index (χ0v) is 20.9. The molecule has 6 heteroatoms. The second kappa shape index (κ2) is 21.6. The van der Waals surface area contributed by atoms with E-state index in [4.69, 9.17) is 24.1 Å². The van der Waals surface area contributed by atoms with Crippen LogP contribution >= 0.6 is 0 Å². The molecule has 188 valence electrons. The van der Waals surface area contributed by atoms with E-state index >= 15 is 0 Å².